The zero-order valence-corrected chi connectivity index (χ0v) is 17.2. The molecule has 2 aromatic rings. The van der Waals surface area contributed by atoms with Crippen LogP contribution in [0.3, 0.4) is 0 Å². The molecule has 0 spiro atoms. The van der Waals surface area contributed by atoms with E-state index in [9.17, 15) is 18.0 Å². The largest absolute Gasteiger partial charge is 0.496 e. The number of carbonyl (C=O) groups is 1. The van der Waals surface area contributed by atoms with Crippen LogP contribution >= 0.6 is 11.6 Å². The van der Waals surface area contributed by atoms with Gasteiger partial charge >= 0.3 is 6.18 Å². The van der Waals surface area contributed by atoms with Crippen molar-refractivity contribution >= 4 is 35.0 Å². The molecule has 0 bridgehead atoms. The zero-order valence-electron chi connectivity index (χ0n) is 16.5. The Morgan fingerprint density at radius 3 is 2.57 bits per heavy atom. The van der Waals surface area contributed by atoms with Crippen LogP contribution in [0.2, 0.25) is 5.02 Å². The fourth-order valence-electron chi connectivity index (χ4n) is 2.74. The molecule has 0 saturated heterocycles. The van der Waals surface area contributed by atoms with Gasteiger partial charge in [0.25, 0.3) is 5.91 Å². The van der Waals surface area contributed by atoms with Gasteiger partial charge in [0.1, 0.15) is 17.1 Å². The van der Waals surface area contributed by atoms with Gasteiger partial charge in [0.2, 0.25) is 5.95 Å². The third-order valence-electron chi connectivity index (χ3n) is 4.03. The van der Waals surface area contributed by atoms with E-state index in [0.717, 1.165) is 0 Å². The Hall–Kier alpha value is -2.79. The van der Waals surface area contributed by atoms with Gasteiger partial charge in [-0.2, -0.15) is 18.2 Å². The summed E-state index contributed by atoms with van der Waals surface area (Å²) in [4.78, 5) is 19.4. The molecule has 8 nitrogen and oxygen atoms in total. The first-order valence-electron chi connectivity index (χ1n) is 8.77. The number of ether oxygens (including phenoxy) is 2. The highest BCUT2D eigenvalue weighted by molar-refractivity contribution is 6.34. The van der Waals surface area contributed by atoms with Crippen molar-refractivity contribution in [2.24, 2.45) is 5.73 Å². The molecule has 0 radical (unpaired) electrons. The van der Waals surface area contributed by atoms with Crippen LogP contribution in [0.25, 0.3) is 0 Å². The number of benzene rings is 1. The van der Waals surface area contributed by atoms with Crippen LogP contribution in [0, 0.1) is 0 Å². The molecule has 1 aromatic carbocycles. The standard InChI is InChI=1S/C18H21ClF3N5O3/c1-4-24-16-11(18(20,21)22)8-25-17(27-16)26-13-9(5-6-29-2)14(30-3)10(15(23)28)7-12(13)19/h7-8H,4-6H2,1-3H3,(H2,23,28)(H2,24,25,26,27). The Morgan fingerprint density at radius 1 is 1.33 bits per heavy atom. The number of methoxy groups -OCH3 is 2. The summed E-state index contributed by atoms with van der Waals surface area (Å²) in [5.74, 6) is -1.09. The summed E-state index contributed by atoms with van der Waals surface area (Å²) < 4.78 is 50.0. The summed E-state index contributed by atoms with van der Waals surface area (Å²) in [5.41, 5.74) is 5.16. The third kappa shape index (κ3) is 5.22. The molecule has 12 heteroatoms. The molecule has 0 aliphatic carbocycles. The highest BCUT2D eigenvalue weighted by Crippen LogP contribution is 2.39. The van der Waals surface area contributed by atoms with E-state index in [0.29, 0.717) is 11.8 Å². The lowest BCUT2D eigenvalue weighted by Crippen LogP contribution is -2.16. The average Bonchev–Trinajstić information content (AvgIpc) is 2.67. The van der Waals surface area contributed by atoms with E-state index >= 15 is 0 Å². The lowest BCUT2D eigenvalue weighted by Gasteiger charge is -2.19. The first kappa shape index (κ1) is 23.5. The fourth-order valence-corrected chi connectivity index (χ4v) is 3.01. The molecule has 0 aliphatic rings. The molecule has 0 saturated carbocycles. The molecule has 0 atom stereocenters. The summed E-state index contributed by atoms with van der Waals surface area (Å²) in [6.07, 6.45) is -3.68. The van der Waals surface area contributed by atoms with Crippen molar-refractivity contribution in [3.63, 3.8) is 0 Å². The number of carbonyl (C=O) groups excluding carboxylic acids is 1. The van der Waals surface area contributed by atoms with E-state index in [1.165, 1.54) is 20.3 Å². The maximum Gasteiger partial charge on any atom is 0.421 e. The maximum absolute atomic E-state index is 13.2. The molecular formula is C18H21ClF3N5O3. The molecule has 0 aliphatic heterocycles. The number of nitrogens with two attached hydrogens (primary N) is 1. The molecule has 164 valence electrons. The Labute approximate surface area is 175 Å². The van der Waals surface area contributed by atoms with Gasteiger partial charge in [0.15, 0.2) is 0 Å². The Balaban J connectivity index is 2.59. The number of halogens is 4. The van der Waals surface area contributed by atoms with Crippen molar-refractivity contribution in [1.82, 2.24) is 9.97 Å². The van der Waals surface area contributed by atoms with Crippen LogP contribution < -0.4 is 21.1 Å². The van der Waals surface area contributed by atoms with Gasteiger partial charge in [-0.15, -0.1) is 0 Å². The third-order valence-corrected chi connectivity index (χ3v) is 4.33. The van der Waals surface area contributed by atoms with E-state index in [-0.39, 0.29) is 53.4 Å². The predicted molar refractivity (Wildman–Crippen MR) is 107 cm³/mol. The van der Waals surface area contributed by atoms with E-state index in [1.807, 2.05) is 0 Å². The van der Waals surface area contributed by atoms with E-state index < -0.39 is 17.6 Å². The first-order chi connectivity index (χ1) is 14.1. The van der Waals surface area contributed by atoms with Gasteiger partial charge in [-0.25, -0.2) is 4.98 Å². The average molecular weight is 448 g/mol. The van der Waals surface area contributed by atoms with Gasteiger partial charge in [0.05, 0.1) is 30.0 Å². The summed E-state index contributed by atoms with van der Waals surface area (Å²) >= 11 is 6.32. The second-order valence-corrected chi connectivity index (χ2v) is 6.42. The number of alkyl halides is 3. The number of nitrogens with zero attached hydrogens (tertiary/aromatic N) is 2. The van der Waals surface area contributed by atoms with Crippen LogP contribution in [0.5, 0.6) is 5.75 Å². The monoisotopic (exact) mass is 447 g/mol. The van der Waals surface area contributed by atoms with Crippen molar-refractivity contribution in [3.05, 3.63) is 34.0 Å². The molecule has 1 amide bonds. The highest BCUT2D eigenvalue weighted by Gasteiger charge is 2.35. The summed E-state index contributed by atoms with van der Waals surface area (Å²) in [7, 11) is 2.84. The number of amides is 1. The normalized spacial score (nSPS) is 11.3. The van der Waals surface area contributed by atoms with Crippen LogP contribution in [-0.2, 0) is 17.3 Å². The Morgan fingerprint density at radius 2 is 2.03 bits per heavy atom. The summed E-state index contributed by atoms with van der Waals surface area (Å²) in [6, 6.07) is 1.30. The Bertz CT molecular complexity index is 925. The van der Waals surface area contributed by atoms with Crippen molar-refractivity contribution < 1.29 is 27.4 Å². The van der Waals surface area contributed by atoms with E-state index in [1.54, 1.807) is 6.92 Å². The smallest absolute Gasteiger partial charge is 0.421 e. The van der Waals surface area contributed by atoms with Crippen molar-refractivity contribution in [1.29, 1.82) is 0 Å². The number of rotatable bonds is 9. The van der Waals surface area contributed by atoms with E-state index in [2.05, 4.69) is 20.6 Å². The maximum atomic E-state index is 13.2. The number of nitrogens with one attached hydrogen (secondary N) is 2. The number of anilines is 3. The molecule has 4 N–H and O–H groups in total. The molecular weight excluding hydrogens is 427 g/mol. The fraction of sp³-hybridized carbons (Fsp3) is 0.389. The molecule has 1 heterocycles. The SMILES string of the molecule is CCNc1nc(Nc2c(Cl)cc(C(N)=O)c(OC)c2CCOC)ncc1C(F)(F)F. The van der Waals surface area contributed by atoms with Crippen LogP contribution in [0.1, 0.15) is 28.4 Å². The number of primary amides is 1. The van der Waals surface area contributed by atoms with Crippen LogP contribution in [-0.4, -0.2) is 43.2 Å². The zero-order chi connectivity index (χ0) is 22.5. The molecule has 0 unspecified atom stereocenters. The Kier molecular flexibility index (Phi) is 7.68. The minimum atomic E-state index is -4.62. The topological polar surface area (TPSA) is 111 Å². The number of hydrogen-bond donors (Lipinski definition) is 3. The van der Waals surface area contributed by atoms with Crippen molar-refractivity contribution in [2.75, 3.05) is 38.0 Å². The quantitative estimate of drug-likeness (QED) is 0.538. The minimum Gasteiger partial charge on any atom is -0.496 e. The highest BCUT2D eigenvalue weighted by atomic mass is 35.5. The number of aromatic nitrogens is 2. The summed E-state index contributed by atoms with van der Waals surface area (Å²) in [6.45, 7) is 2.11. The van der Waals surface area contributed by atoms with E-state index in [4.69, 9.17) is 26.8 Å². The number of hydrogen-bond acceptors (Lipinski definition) is 7. The van der Waals surface area contributed by atoms with Gasteiger partial charge in [0, 0.05) is 31.8 Å². The van der Waals surface area contributed by atoms with Gasteiger partial charge < -0.3 is 25.8 Å². The molecule has 30 heavy (non-hydrogen) atoms. The molecule has 2 rings (SSSR count). The first-order valence-corrected chi connectivity index (χ1v) is 9.15. The van der Waals surface area contributed by atoms with Gasteiger partial charge in [-0.05, 0) is 13.0 Å². The van der Waals surface area contributed by atoms with Crippen molar-refractivity contribution in [3.8, 4) is 5.75 Å². The van der Waals surface area contributed by atoms with Crippen LogP contribution in [0.4, 0.5) is 30.6 Å². The second kappa shape index (κ2) is 9.81. The van der Waals surface area contributed by atoms with Gasteiger partial charge in [-0.3, -0.25) is 4.79 Å². The predicted octanol–water partition coefficient (Wildman–Crippen LogP) is 3.62. The van der Waals surface area contributed by atoms with Crippen LogP contribution in [0.15, 0.2) is 12.3 Å². The molecule has 0 fully saturated rings. The van der Waals surface area contributed by atoms with Gasteiger partial charge in [-0.1, -0.05) is 11.6 Å². The lowest BCUT2D eigenvalue weighted by molar-refractivity contribution is -0.137. The lowest BCUT2D eigenvalue weighted by atomic mass is 10.0. The second-order valence-electron chi connectivity index (χ2n) is 6.01. The minimum absolute atomic E-state index is 0.0563. The molecule has 1 aromatic heterocycles. The van der Waals surface area contributed by atoms with Crippen molar-refractivity contribution in [2.45, 2.75) is 19.5 Å². The summed E-state index contributed by atoms with van der Waals surface area (Å²) in [5, 5.41) is 5.48.